The van der Waals surface area contributed by atoms with Gasteiger partial charge in [-0.25, -0.2) is 15.0 Å². The zero-order chi connectivity index (χ0) is 16.5. The van der Waals surface area contributed by atoms with Crippen molar-refractivity contribution in [2.75, 3.05) is 23.3 Å². The van der Waals surface area contributed by atoms with Gasteiger partial charge in [0, 0.05) is 31.4 Å². The summed E-state index contributed by atoms with van der Waals surface area (Å²) >= 11 is 0. The first-order valence-electron chi connectivity index (χ1n) is 7.61. The van der Waals surface area contributed by atoms with Crippen LogP contribution in [-0.4, -0.2) is 44.0 Å². The molecule has 0 aliphatic carbocycles. The van der Waals surface area contributed by atoms with E-state index in [2.05, 4.69) is 30.2 Å². The molecule has 0 aromatic carbocycles. The Bertz CT molecular complexity index is 877. The molecule has 1 aliphatic rings. The Morgan fingerprint density at radius 1 is 1.29 bits per heavy atom. The standard InChI is InChI=1S/C15H15N7O2/c23-22(24)11-1-2-13(17-7-11)20-10-4-6-21(8-10)15-12-3-5-16-14(12)18-9-19-15/h1-3,5,7,9-10H,4,6,8H2,(H,17,20)(H,16,18,19)/t10-/m0/s1. The van der Waals surface area contributed by atoms with E-state index < -0.39 is 4.92 Å². The van der Waals surface area contributed by atoms with Gasteiger partial charge in [-0.3, -0.25) is 10.1 Å². The van der Waals surface area contributed by atoms with Gasteiger partial charge in [-0.15, -0.1) is 0 Å². The molecule has 24 heavy (non-hydrogen) atoms. The van der Waals surface area contributed by atoms with Crippen molar-refractivity contribution < 1.29 is 4.92 Å². The summed E-state index contributed by atoms with van der Waals surface area (Å²) in [5.41, 5.74) is 0.817. The highest BCUT2D eigenvalue weighted by molar-refractivity contribution is 5.87. The number of hydrogen-bond donors (Lipinski definition) is 2. The van der Waals surface area contributed by atoms with Gasteiger partial charge in [0.2, 0.25) is 0 Å². The Morgan fingerprint density at radius 3 is 3.00 bits per heavy atom. The molecule has 1 aliphatic heterocycles. The Hall–Kier alpha value is -3.23. The van der Waals surface area contributed by atoms with E-state index in [1.54, 1.807) is 12.4 Å². The van der Waals surface area contributed by atoms with Crippen LogP contribution < -0.4 is 10.2 Å². The molecule has 4 heterocycles. The lowest BCUT2D eigenvalue weighted by Crippen LogP contribution is -2.27. The highest BCUT2D eigenvalue weighted by atomic mass is 16.6. The maximum absolute atomic E-state index is 10.7. The number of pyridine rings is 1. The summed E-state index contributed by atoms with van der Waals surface area (Å²) in [6.45, 7) is 1.66. The number of anilines is 2. The van der Waals surface area contributed by atoms with E-state index in [0.29, 0.717) is 5.82 Å². The van der Waals surface area contributed by atoms with Crippen molar-refractivity contribution in [1.82, 2.24) is 19.9 Å². The van der Waals surface area contributed by atoms with Crippen LogP contribution in [0.4, 0.5) is 17.3 Å². The number of nitro groups is 1. The van der Waals surface area contributed by atoms with Crippen molar-refractivity contribution in [2.45, 2.75) is 12.5 Å². The van der Waals surface area contributed by atoms with Gasteiger partial charge in [-0.2, -0.15) is 0 Å². The third-order valence-electron chi connectivity index (χ3n) is 4.13. The van der Waals surface area contributed by atoms with Crippen LogP contribution in [0.15, 0.2) is 36.9 Å². The highest BCUT2D eigenvalue weighted by Crippen LogP contribution is 2.26. The quantitative estimate of drug-likeness (QED) is 0.557. The number of hydrogen-bond acceptors (Lipinski definition) is 7. The van der Waals surface area contributed by atoms with Crippen LogP contribution in [0.25, 0.3) is 11.0 Å². The molecule has 9 nitrogen and oxygen atoms in total. The van der Waals surface area contributed by atoms with Crippen molar-refractivity contribution in [3.8, 4) is 0 Å². The molecular formula is C15H15N7O2. The molecule has 9 heteroatoms. The molecule has 0 spiro atoms. The summed E-state index contributed by atoms with van der Waals surface area (Å²) in [7, 11) is 0. The maximum atomic E-state index is 10.7. The summed E-state index contributed by atoms with van der Waals surface area (Å²) in [4.78, 5) is 28.2. The largest absolute Gasteiger partial charge is 0.365 e. The van der Waals surface area contributed by atoms with E-state index in [4.69, 9.17) is 0 Å². The van der Waals surface area contributed by atoms with Crippen molar-refractivity contribution in [3.05, 3.63) is 47.0 Å². The summed E-state index contributed by atoms with van der Waals surface area (Å²) in [5, 5.41) is 15.0. The molecule has 0 radical (unpaired) electrons. The molecule has 0 saturated carbocycles. The first-order valence-corrected chi connectivity index (χ1v) is 7.61. The number of aromatic amines is 1. The van der Waals surface area contributed by atoms with Gasteiger partial charge < -0.3 is 15.2 Å². The van der Waals surface area contributed by atoms with E-state index in [9.17, 15) is 10.1 Å². The van der Waals surface area contributed by atoms with Crippen molar-refractivity contribution in [2.24, 2.45) is 0 Å². The Balaban J connectivity index is 1.46. The normalized spacial score (nSPS) is 17.3. The molecular weight excluding hydrogens is 310 g/mol. The first-order chi connectivity index (χ1) is 11.7. The molecule has 0 unspecified atom stereocenters. The van der Waals surface area contributed by atoms with Gasteiger partial charge in [0.25, 0.3) is 5.69 Å². The summed E-state index contributed by atoms with van der Waals surface area (Å²) in [5.74, 6) is 1.56. The summed E-state index contributed by atoms with van der Waals surface area (Å²) in [6, 6.07) is 5.28. The SMILES string of the molecule is O=[N+]([O-])c1ccc(N[C@H]2CCN(c3ncnc4[nH]ccc34)C2)nc1. The highest BCUT2D eigenvalue weighted by Gasteiger charge is 2.25. The average molecular weight is 325 g/mol. The molecule has 3 aromatic heterocycles. The van der Waals surface area contributed by atoms with Crippen LogP contribution >= 0.6 is 0 Å². The number of fused-ring (bicyclic) bond motifs is 1. The third kappa shape index (κ3) is 2.60. The molecule has 3 aromatic rings. The number of H-pyrrole nitrogens is 1. The lowest BCUT2D eigenvalue weighted by Gasteiger charge is -2.18. The molecule has 2 N–H and O–H groups in total. The van der Waals surface area contributed by atoms with Gasteiger partial charge in [-0.05, 0) is 18.6 Å². The Labute approximate surface area is 136 Å². The van der Waals surface area contributed by atoms with E-state index in [1.807, 2.05) is 12.3 Å². The zero-order valence-electron chi connectivity index (χ0n) is 12.7. The fraction of sp³-hybridized carbons (Fsp3) is 0.267. The Kier molecular flexibility index (Phi) is 3.45. The monoisotopic (exact) mass is 325 g/mol. The third-order valence-corrected chi connectivity index (χ3v) is 4.13. The summed E-state index contributed by atoms with van der Waals surface area (Å²) in [6.07, 6.45) is 5.62. The number of rotatable bonds is 4. The second-order valence-electron chi connectivity index (χ2n) is 5.67. The predicted molar refractivity (Wildman–Crippen MR) is 89.0 cm³/mol. The maximum Gasteiger partial charge on any atom is 0.287 e. The molecule has 0 bridgehead atoms. The lowest BCUT2D eigenvalue weighted by molar-refractivity contribution is -0.385. The fourth-order valence-corrected chi connectivity index (χ4v) is 2.97. The van der Waals surface area contributed by atoms with Crippen molar-refractivity contribution >= 4 is 28.4 Å². The van der Waals surface area contributed by atoms with Gasteiger partial charge in [-0.1, -0.05) is 0 Å². The smallest absolute Gasteiger partial charge is 0.287 e. The predicted octanol–water partition coefficient (Wildman–Crippen LogP) is 1.95. The number of nitrogens with one attached hydrogen (secondary N) is 2. The molecule has 1 fully saturated rings. The van der Waals surface area contributed by atoms with Crippen molar-refractivity contribution in [1.29, 1.82) is 0 Å². The lowest BCUT2D eigenvalue weighted by atomic mass is 10.2. The average Bonchev–Trinajstić information content (AvgIpc) is 3.24. The van der Waals surface area contributed by atoms with Gasteiger partial charge in [0.05, 0.1) is 10.3 Å². The zero-order valence-corrected chi connectivity index (χ0v) is 12.7. The van der Waals surface area contributed by atoms with E-state index in [0.717, 1.165) is 36.4 Å². The minimum Gasteiger partial charge on any atom is -0.365 e. The second-order valence-corrected chi connectivity index (χ2v) is 5.67. The molecule has 1 atom stereocenters. The molecule has 1 saturated heterocycles. The number of nitrogens with zero attached hydrogens (tertiary/aromatic N) is 5. The van der Waals surface area contributed by atoms with Crippen molar-refractivity contribution in [3.63, 3.8) is 0 Å². The van der Waals surface area contributed by atoms with Crippen LogP contribution in [0.2, 0.25) is 0 Å². The topological polar surface area (TPSA) is 113 Å². The van der Waals surface area contributed by atoms with Crippen LogP contribution in [0.5, 0.6) is 0 Å². The van der Waals surface area contributed by atoms with E-state index >= 15 is 0 Å². The van der Waals surface area contributed by atoms with Crippen LogP contribution in [0.3, 0.4) is 0 Å². The first kappa shape index (κ1) is 14.4. The second kappa shape index (κ2) is 5.76. The molecule has 4 rings (SSSR count). The minimum atomic E-state index is -0.453. The molecule has 0 amide bonds. The van der Waals surface area contributed by atoms with Crippen LogP contribution in [0, 0.1) is 10.1 Å². The molecule has 122 valence electrons. The van der Waals surface area contributed by atoms with E-state index in [-0.39, 0.29) is 11.7 Å². The van der Waals surface area contributed by atoms with Crippen LogP contribution in [-0.2, 0) is 0 Å². The van der Waals surface area contributed by atoms with Gasteiger partial charge >= 0.3 is 0 Å². The minimum absolute atomic E-state index is 0.00978. The summed E-state index contributed by atoms with van der Waals surface area (Å²) < 4.78 is 0. The van der Waals surface area contributed by atoms with Crippen LogP contribution in [0.1, 0.15) is 6.42 Å². The van der Waals surface area contributed by atoms with Gasteiger partial charge in [0.15, 0.2) is 0 Å². The van der Waals surface area contributed by atoms with E-state index in [1.165, 1.54) is 12.3 Å². The Morgan fingerprint density at radius 2 is 2.21 bits per heavy atom. The van der Waals surface area contributed by atoms with Gasteiger partial charge in [0.1, 0.15) is 29.8 Å². The number of aromatic nitrogens is 4. The fourth-order valence-electron chi connectivity index (χ4n) is 2.97.